The second kappa shape index (κ2) is 14.5. The van der Waals surface area contributed by atoms with Crippen molar-refractivity contribution in [3.05, 3.63) is 0 Å². The Labute approximate surface area is 140 Å². The summed E-state index contributed by atoms with van der Waals surface area (Å²) in [6.45, 7) is 6.79. The van der Waals surface area contributed by atoms with Gasteiger partial charge in [-0.05, 0) is 19.3 Å². The van der Waals surface area contributed by atoms with Gasteiger partial charge in [-0.25, -0.2) is 0 Å². The molecule has 134 valence electrons. The Morgan fingerprint density at radius 3 is 1.68 bits per heavy atom. The van der Waals surface area contributed by atoms with Gasteiger partial charge in [-0.15, -0.1) is 0 Å². The smallest absolute Gasteiger partial charge is 0.170 e. The Bertz CT molecular complexity index is 224. The van der Waals surface area contributed by atoms with Crippen LogP contribution in [0.1, 0.15) is 104 Å². The molecule has 0 aliphatic carbocycles. The fourth-order valence-electron chi connectivity index (χ4n) is 3.45. The largest absolute Gasteiger partial charge is 0.353 e. The number of hydrogen-bond donors (Lipinski definition) is 0. The first-order chi connectivity index (χ1) is 10.7. The van der Waals surface area contributed by atoms with E-state index in [-0.39, 0.29) is 5.79 Å². The number of rotatable bonds is 16. The summed E-state index contributed by atoms with van der Waals surface area (Å²) in [5.74, 6) is 0.189. The zero-order valence-electron chi connectivity index (χ0n) is 16.1. The van der Waals surface area contributed by atoms with Crippen LogP contribution in [0.3, 0.4) is 0 Å². The summed E-state index contributed by atoms with van der Waals surface area (Å²) < 4.78 is 11.8. The molecule has 0 heterocycles. The van der Waals surface area contributed by atoms with Gasteiger partial charge >= 0.3 is 0 Å². The number of unbranched alkanes of at least 4 members (excludes halogenated alkanes) is 7. The molecule has 0 aromatic carbocycles. The molecule has 2 heteroatoms. The molecule has 1 unspecified atom stereocenters. The highest BCUT2D eigenvalue weighted by atomic mass is 16.7. The van der Waals surface area contributed by atoms with Gasteiger partial charge in [-0.2, -0.15) is 0 Å². The summed E-state index contributed by atoms with van der Waals surface area (Å²) in [5, 5.41) is 0. The zero-order chi connectivity index (χ0) is 16.7. The van der Waals surface area contributed by atoms with Crippen molar-refractivity contribution in [2.75, 3.05) is 14.2 Å². The third-order valence-electron chi connectivity index (χ3n) is 5.00. The van der Waals surface area contributed by atoms with Crippen LogP contribution in [0.15, 0.2) is 0 Å². The first kappa shape index (κ1) is 21.9. The van der Waals surface area contributed by atoms with Crippen LogP contribution < -0.4 is 0 Å². The molecule has 22 heavy (non-hydrogen) atoms. The van der Waals surface area contributed by atoms with Crippen molar-refractivity contribution in [3.63, 3.8) is 0 Å². The molecule has 0 saturated carbocycles. The van der Waals surface area contributed by atoms with Gasteiger partial charge < -0.3 is 9.47 Å². The zero-order valence-corrected chi connectivity index (χ0v) is 16.1. The second-order valence-corrected chi connectivity index (χ2v) is 6.72. The van der Waals surface area contributed by atoms with Crippen LogP contribution >= 0.6 is 0 Å². The van der Waals surface area contributed by atoms with E-state index in [0.717, 1.165) is 6.42 Å². The van der Waals surface area contributed by atoms with Crippen LogP contribution in [0, 0.1) is 5.92 Å². The molecule has 0 N–H and O–H groups in total. The molecule has 0 aromatic heterocycles. The monoisotopic (exact) mass is 314 g/mol. The van der Waals surface area contributed by atoms with Crippen LogP contribution in [0.2, 0.25) is 0 Å². The highest BCUT2D eigenvalue weighted by Gasteiger charge is 2.37. The van der Waals surface area contributed by atoms with Gasteiger partial charge in [-0.1, -0.05) is 78.6 Å². The highest BCUT2D eigenvalue weighted by molar-refractivity contribution is 4.80. The maximum absolute atomic E-state index is 5.92. The minimum absolute atomic E-state index is 0.353. The molecule has 0 bridgehead atoms. The fourth-order valence-corrected chi connectivity index (χ4v) is 3.45. The van der Waals surface area contributed by atoms with E-state index in [4.69, 9.17) is 9.47 Å². The van der Waals surface area contributed by atoms with Crippen LogP contribution in [0.4, 0.5) is 0 Å². The lowest BCUT2D eigenvalue weighted by atomic mass is 9.84. The van der Waals surface area contributed by atoms with Crippen molar-refractivity contribution < 1.29 is 9.47 Å². The molecule has 0 aliphatic heterocycles. The quantitative estimate of drug-likeness (QED) is 0.232. The molecule has 0 saturated heterocycles. The molecule has 0 fully saturated rings. The standard InChI is InChI=1S/C20H42O2/c1-6-9-12-13-14-15-17-19(16-10-7-2)20(21-4,22-5)18-11-8-3/h19H,6-18H2,1-5H3. The molecule has 0 rings (SSSR count). The molecular formula is C20H42O2. The summed E-state index contributed by atoms with van der Waals surface area (Å²) in [5.41, 5.74) is 0. The van der Waals surface area contributed by atoms with E-state index in [1.165, 1.54) is 77.0 Å². The van der Waals surface area contributed by atoms with Crippen molar-refractivity contribution in [1.82, 2.24) is 0 Å². The molecule has 0 spiro atoms. The Balaban J connectivity index is 4.47. The maximum atomic E-state index is 5.92. The van der Waals surface area contributed by atoms with E-state index >= 15 is 0 Å². The van der Waals surface area contributed by atoms with Gasteiger partial charge in [0.05, 0.1) is 0 Å². The summed E-state index contributed by atoms with van der Waals surface area (Å²) in [7, 11) is 3.67. The third-order valence-corrected chi connectivity index (χ3v) is 5.00. The molecule has 0 aliphatic rings. The number of methoxy groups -OCH3 is 2. The normalized spacial score (nSPS) is 13.5. The lowest BCUT2D eigenvalue weighted by Gasteiger charge is -2.39. The van der Waals surface area contributed by atoms with Crippen molar-refractivity contribution in [2.45, 2.75) is 110 Å². The van der Waals surface area contributed by atoms with E-state index in [2.05, 4.69) is 20.8 Å². The molecule has 0 radical (unpaired) electrons. The van der Waals surface area contributed by atoms with Crippen molar-refractivity contribution in [2.24, 2.45) is 5.92 Å². The van der Waals surface area contributed by atoms with Crippen LogP contribution in [0.25, 0.3) is 0 Å². The molecule has 2 nitrogen and oxygen atoms in total. The Morgan fingerprint density at radius 2 is 1.14 bits per heavy atom. The van der Waals surface area contributed by atoms with Gasteiger partial charge in [0.25, 0.3) is 0 Å². The van der Waals surface area contributed by atoms with Crippen LogP contribution in [-0.4, -0.2) is 20.0 Å². The SMILES string of the molecule is CCCCCCCCC(CCCC)C(CCCC)(OC)OC. The molecule has 1 atom stereocenters. The fraction of sp³-hybridized carbons (Fsp3) is 1.00. The van der Waals surface area contributed by atoms with Crippen LogP contribution in [0.5, 0.6) is 0 Å². The van der Waals surface area contributed by atoms with E-state index in [1.54, 1.807) is 0 Å². The van der Waals surface area contributed by atoms with E-state index < -0.39 is 0 Å². The lowest BCUT2D eigenvalue weighted by molar-refractivity contribution is -0.247. The topological polar surface area (TPSA) is 18.5 Å². The Morgan fingerprint density at radius 1 is 0.636 bits per heavy atom. The van der Waals surface area contributed by atoms with Gasteiger partial charge in [0.1, 0.15) is 0 Å². The minimum atomic E-state index is -0.353. The Hall–Kier alpha value is -0.0800. The Kier molecular flexibility index (Phi) is 14.5. The summed E-state index contributed by atoms with van der Waals surface area (Å²) in [4.78, 5) is 0. The maximum Gasteiger partial charge on any atom is 0.170 e. The predicted octanol–water partition coefficient (Wildman–Crippen LogP) is 6.72. The van der Waals surface area contributed by atoms with Gasteiger partial charge in [0, 0.05) is 26.6 Å². The summed E-state index contributed by atoms with van der Waals surface area (Å²) >= 11 is 0. The third kappa shape index (κ3) is 8.53. The summed E-state index contributed by atoms with van der Waals surface area (Å²) in [6.07, 6.45) is 16.6. The molecular weight excluding hydrogens is 272 g/mol. The van der Waals surface area contributed by atoms with Crippen LogP contribution in [-0.2, 0) is 9.47 Å². The molecule has 0 aromatic rings. The van der Waals surface area contributed by atoms with Crippen molar-refractivity contribution >= 4 is 0 Å². The van der Waals surface area contributed by atoms with Crippen molar-refractivity contribution in [1.29, 1.82) is 0 Å². The number of ether oxygens (including phenoxy) is 2. The van der Waals surface area contributed by atoms with Crippen molar-refractivity contribution in [3.8, 4) is 0 Å². The minimum Gasteiger partial charge on any atom is -0.353 e. The molecule has 0 amide bonds. The average molecular weight is 315 g/mol. The van der Waals surface area contributed by atoms with E-state index in [0.29, 0.717) is 5.92 Å². The summed E-state index contributed by atoms with van der Waals surface area (Å²) in [6, 6.07) is 0. The van der Waals surface area contributed by atoms with E-state index in [1.807, 2.05) is 14.2 Å². The van der Waals surface area contributed by atoms with Gasteiger partial charge in [-0.3, -0.25) is 0 Å². The lowest BCUT2D eigenvalue weighted by Crippen LogP contribution is -2.42. The second-order valence-electron chi connectivity index (χ2n) is 6.72. The first-order valence-electron chi connectivity index (χ1n) is 9.80. The van der Waals surface area contributed by atoms with Gasteiger partial charge in [0.15, 0.2) is 5.79 Å². The van der Waals surface area contributed by atoms with Gasteiger partial charge in [0.2, 0.25) is 0 Å². The van der Waals surface area contributed by atoms with E-state index in [9.17, 15) is 0 Å². The highest BCUT2D eigenvalue weighted by Crippen LogP contribution is 2.36. The first-order valence-corrected chi connectivity index (χ1v) is 9.80. The average Bonchev–Trinajstić information content (AvgIpc) is 2.55. The number of hydrogen-bond acceptors (Lipinski definition) is 2. The predicted molar refractivity (Wildman–Crippen MR) is 97.3 cm³/mol.